The zero-order valence-corrected chi connectivity index (χ0v) is 9.84. The zero-order valence-electron chi connectivity index (χ0n) is 9.84. The third-order valence-corrected chi connectivity index (χ3v) is 2.55. The summed E-state index contributed by atoms with van der Waals surface area (Å²) in [4.78, 5) is 1.66. The molecule has 2 N–H and O–H groups in total. The number of hydrogen-bond acceptors (Lipinski definition) is 3. The molecule has 0 fully saturated rings. The van der Waals surface area contributed by atoms with Gasteiger partial charge in [-0.3, -0.25) is 4.90 Å². The molecule has 0 heterocycles. The van der Waals surface area contributed by atoms with Crippen LogP contribution in [0.25, 0.3) is 0 Å². The molecular formula is C10H23NO2. The molecule has 80 valence electrons. The zero-order chi connectivity index (χ0) is 11.1. The fourth-order valence-corrected chi connectivity index (χ4v) is 2.14. The Morgan fingerprint density at radius 2 is 1.15 bits per heavy atom. The quantitative estimate of drug-likeness (QED) is 0.638. The summed E-state index contributed by atoms with van der Waals surface area (Å²) in [6.07, 6.45) is 0. The van der Waals surface area contributed by atoms with E-state index in [2.05, 4.69) is 0 Å². The van der Waals surface area contributed by atoms with Crippen LogP contribution in [0, 0.1) is 5.41 Å². The van der Waals surface area contributed by atoms with E-state index >= 15 is 0 Å². The summed E-state index contributed by atoms with van der Waals surface area (Å²) < 4.78 is 0. The van der Waals surface area contributed by atoms with Crippen molar-refractivity contribution in [2.75, 3.05) is 14.1 Å². The Kier molecular flexibility index (Phi) is 3.20. The van der Waals surface area contributed by atoms with E-state index in [1.165, 1.54) is 0 Å². The summed E-state index contributed by atoms with van der Waals surface area (Å²) in [5.41, 5.74) is -2.80. The highest BCUT2D eigenvalue weighted by atomic mass is 16.4. The van der Waals surface area contributed by atoms with Crippen molar-refractivity contribution in [3.05, 3.63) is 0 Å². The number of rotatable bonds is 2. The molecule has 0 aromatic carbocycles. The molecule has 0 aromatic heterocycles. The molecule has 1 atom stereocenters. The Labute approximate surface area is 81.4 Å². The van der Waals surface area contributed by atoms with Crippen molar-refractivity contribution in [3.63, 3.8) is 0 Å². The number of nitrogens with zero attached hydrogens (tertiary/aromatic N) is 1. The van der Waals surface area contributed by atoms with Gasteiger partial charge in [-0.2, -0.15) is 0 Å². The molecule has 0 aliphatic carbocycles. The number of aliphatic hydroxyl groups is 2. The van der Waals surface area contributed by atoms with Gasteiger partial charge in [-0.1, -0.05) is 20.8 Å². The van der Waals surface area contributed by atoms with Crippen LogP contribution >= 0.6 is 0 Å². The van der Waals surface area contributed by atoms with Gasteiger partial charge in [-0.05, 0) is 27.9 Å². The Bertz CT molecular complexity index is 160. The van der Waals surface area contributed by atoms with Gasteiger partial charge in [0.25, 0.3) is 0 Å². The fourth-order valence-electron chi connectivity index (χ4n) is 2.14. The molecule has 0 saturated carbocycles. The Morgan fingerprint density at radius 1 is 0.846 bits per heavy atom. The summed E-state index contributed by atoms with van der Waals surface area (Å²) in [6.45, 7) is 8.97. The first-order valence-electron chi connectivity index (χ1n) is 4.57. The van der Waals surface area contributed by atoms with Crippen LogP contribution in [0.1, 0.15) is 34.6 Å². The van der Waals surface area contributed by atoms with Crippen molar-refractivity contribution in [1.82, 2.24) is 4.90 Å². The highest BCUT2D eigenvalue weighted by Gasteiger charge is 2.52. The molecule has 0 saturated heterocycles. The van der Waals surface area contributed by atoms with Gasteiger partial charge in [-0.25, -0.2) is 0 Å². The average molecular weight is 189 g/mol. The Hall–Kier alpha value is -0.120. The third-order valence-electron chi connectivity index (χ3n) is 2.55. The van der Waals surface area contributed by atoms with Crippen molar-refractivity contribution in [1.29, 1.82) is 0 Å². The minimum Gasteiger partial charge on any atom is -0.386 e. The van der Waals surface area contributed by atoms with Crippen LogP contribution in [0.2, 0.25) is 0 Å². The molecule has 0 rings (SSSR count). The summed E-state index contributed by atoms with van der Waals surface area (Å²) >= 11 is 0. The van der Waals surface area contributed by atoms with Gasteiger partial charge in [0, 0.05) is 5.41 Å². The maximum absolute atomic E-state index is 10.4. The van der Waals surface area contributed by atoms with Gasteiger partial charge in [0.15, 0.2) is 5.72 Å². The SMILES string of the molecule is CN(C)C(O)(C(C)(C)C)C(C)(C)O. The molecule has 0 bridgehead atoms. The van der Waals surface area contributed by atoms with Crippen LogP contribution < -0.4 is 0 Å². The van der Waals surface area contributed by atoms with E-state index in [4.69, 9.17) is 0 Å². The summed E-state index contributed by atoms with van der Waals surface area (Å²) in [5, 5.41) is 20.4. The van der Waals surface area contributed by atoms with E-state index < -0.39 is 16.7 Å². The monoisotopic (exact) mass is 189 g/mol. The van der Waals surface area contributed by atoms with Crippen LogP contribution in [-0.4, -0.2) is 40.5 Å². The van der Waals surface area contributed by atoms with E-state index in [-0.39, 0.29) is 0 Å². The first-order chi connectivity index (χ1) is 5.44. The van der Waals surface area contributed by atoms with Crippen molar-refractivity contribution < 1.29 is 10.2 Å². The maximum Gasteiger partial charge on any atom is 0.151 e. The third kappa shape index (κ3) is 2.03. The molecule has 0 spiro atoms. The van der Waals surface area contributed by atoms with Crippen LogP contribution in [0.4, 0.5) is 0 Å². The highest BCUT2D eigenvalue weighted by Crippen LogP contribution is 2.40. The number of hydrogen-bond donors (Lipinski definition) is 2. The van der Waals surface area contributed by atoms with E-state index in [9.17, 15) is 10.2 Å². The second-order valence-corrected chi connectivity index (χ2v) is 5.38. The van der Waals surface area contributed by atoms with Crippen LogP contribution in [0.15, 0.2) is 0 Å². The lowest BCUT2D eigenvalue weighted by atomic mass is 9.73. The molecular weight excluding hydrogens is 166 g/mol. The van der Waals surface area contributed by atoms with E-state index in [0.29, 0.717) is 0 Å². The molecule has 3 heteroatoms. The molecule has 13 heavy (non-hydrogen) atoms. The summed E-state index contributed by atoms with van der Waals surface area (Å²) in [6, 6.07) is 0. The van der Waals surface area contributed by atoms with E-state index in [1.807, 2.05) is 20.8 Å². The summed E-state index contributed by atoms with van der Waals surface area (Å²) in [7, 11) is 3.53. The Morgan fingerprint density at radius 3 is 1.15 bits per heavy atom. The molecule has 0 amide bonds. The lowest BCUT2D eigenvalue weighted by Crippen LogP contribution is -2.66. The fraction of sp³-hybridized carbons (Fsp3) is 1.00. The predicted octanol–water partition coefficient (Wildman–Crippen LogP) is 1.05. The maximum atomic E-state index is 10.4. The first kappa shape index (κ1) is 12.9. The van der Waals surface area contributed by atoms with Crippen LogP contribution in [-0.2, 0) is 0 Å². The first-order valence-corrected chi connectivity index (χ1v) is 4.57. The van der Waals surface area contributed by atoms with Gasteiger partial charge in [0.05, 0.1) is 0 Å². The highest BCUT2D eigenvalue weighted by molar-refractivity contribution is 4.99. The second kappa shape index (κ2) is 3.23. The molecule has 0 aliphatic rings. The van der Waals surface area contributed by atoms with Crippen LogP contribution in [0.5, 0.6) is 0 Å². The van der Waals surface area contributed by atoms with Crippen molar-refractivity contribution >= 4 is 0 Å². The molecule has 0 aliphatic heterocycles. The lowest BCUT2D eigenvalue weighted by molar-refractivity contribution is -0.257. The van der Waals surface area contributed by atoms with Crippen molar-refractivity contribution in [2.45, 2.75) is 45.9 Å². The lowest BCUT2D eigenvalue weighted by Gasteiger charge is -2.52. The minimum atomic E-state index is -1.24. The van der Waals surface area contributed by atoms with Gasteiger partial charge >= 0.3 is 0 Å². The standard InChI is InChI=1S/C10H23NO2/c1-8(2,3)10(13,11(6)7)9(4,5)12/h12-13H,1-7H3. The smallest absolute Gasteiger partial charge is 0.151 e. The van der Waals surface area contributed by atoms with Gasteiger partial charge in [0.1, 0.15) is 5.60 Å². The van der Waals surface area contributed by atoms with Gasteiger partial charge < -0.3 is 10.2 Å². The van der Waals surface area contributed by atoms with E-state index in [0.717, 1.165) is 0 Å². The van der Waals surface area contributed by atoms with Gasteiger partial charge in [-0.15, -0.1) is 0 Å². The summed E-state index contributed by atoms with van der Waals surface area (Å²) in [5.74, 6) is 0. The van der Waals surface area contributed by atoms with Crippen molar-refractivity contribution in [3.8, 4) is 0 Å². The molecule has 0 radical (unpaired) electrons. The largest absolute Gasteiger partial charge is 0.386 e. The molecule has 0 aromatic rings. The number of likely N-dealkylation sites (N-methyl/N-ethyl adjacent to an activating group) is 1. The van der Waals surface area contributed by atoms with E-state index in [1.54, 1.807) is 32.8 Å². The normalized spacial score (nSPS) is 18.9. The van der Waals surface area contributed by atoms with Crippen LogP contribution in [0.3, 0.4) is 0 Å². The second-order valence-electron chi connectivity index (χ2n) is 5.38. The molecule has 1 unspecified atom stereocenters. The Balaban J connectivity index is 5.22. The average Bonchev–Trinajstić information content (AvgIpc) is 1.80. The minimum absolute atomic E-state index is 0.408. The molecule has 3 nitrogen and oxygen atoms in total. The van der Waals surface area contributed by atoms with Crippen molar-refractivity contribution in [2.24, 2.45) is 5.41 Å². The van der Waals surface area contributed by atoms with Gasteiger partial charge in [0.2, 0.25) is 0 Å². The topological polar surface area (TPSA) is 43.7 Å². The predicted molar refractivity (Wildman–Crippen MR) is 54.4 cm³/mol.